The summed E-state index contributed by atoms with van der Waals surface area (Å²) >= 11 is 0. The molecule has 392 valence electrons. The molecule has 4 fully saturated rings. The van der Waals surface area contributed by atoms with E-state index in [1.807, 2.05) is 45.8 Å². The maximum Gasteiger partial charge on any atom is 0.487 e. The van der Waals surface area contributed by atoms with Gasteiger partial charge in [-0.05, 0) is 72.0 Å². The zero-order valence-corrected chi connectivity index (χ0v) is 60.9. The normalized spacial score (nSPS) is 45.1. The van der Waals surface area contributed by atoms with Gasteiger partial charge in [0.2, 0.25) is 0 Å². The van der Waals surface area contributed by atoms with Crippen LogP contribution in [-0.2, 0) is 87.0 Å². The van der Waals surface area contributed by atoms with Crippen LogP contribution in [-0.4, -0.2) is 178 Å². The molecule has 0 amide bonds. The second kappa shape index (κ2) is 21.0. The van der Waals surface area contributed by atoms with Gasteiger partial charge in [0.05, 0.1) is 0 Å². The summed E-state index contributed by atoms with van der Waals surface area (Å²) in [6.07, 6.45) is 0. The van der Waals surface area contributed by atoms with Crippen molar-refractivity contribution in [2.24, 2.45) is 0 Å². The van der Waals surface area contributed by atoms with Crippen LogP contribution < -0.4 is 0 Å². The molecule has 0 aromatic heterocycles. The third-order valence-corrected chi connectivity index (χ3v) is 69.4. The molecule has 4 bridgehead atoms. The lowest BCUT2D eigenvalue weighted by Crippen LogP contribution is -2.76. The Hall–Kier alpha value is 2.73. The van der Waals surface area contributed by atoms with E-state index < -0.39 is 149 Å². The van der Waals surface area contributed by atoms with Crippen molar-refractivity contribution < 1.29 is 101 Å². The summed E-state index contributed by atoms with van der Waals surface area (Å²) in [4.78, 5) is 31.5. The predicted octanol–water partition coefficient (Wildman–Crippen LogP) is 3.64. The summed E-state index contributed by atoms with van der Waals surface area (Å²) in [5.74, 6) is 0. The zero-order chi connectivity index (χ0) is 51.5. The molecule has 14 atom stereocenters. The molecule has 4 aliphatic heterocycles. The second-order valence-electron chi connectivity index (χ2n) is 20.3. The Kier molecular flexibility index (Phi) is 20.1. The molecule has 4 heterocycles. The van der Waals surface area contributed by atoms with Crippen LogP contribution in [0.4, 0.5) is 0 Å². The van der Waals surface area contributed by atoms with Gasteiger partial charge < -0.3 is 101 Å². The summed E-state index contributed by atoms with van der Waals surface area (Å²) in [6.45, 7) is 42.2. The van der Waals surface area contributed by atoms with Gasteiger partial charge in [0.25, 0.3) is 0 Å². The fourth-order valence-corrected chi connectivity index (χ4v) is 80.8. The molecule has 4 saturated heterocycles. The highest BCUT2D eigenvalue weighted by Crippen LogP contribution is 2.40. The van der Waals surface area contributed by atoms with Crippen molar-refractivity contribution in [1.82, 2.24) is 0 Å². The third-order valence-electron chi connectivity index (χ3n) is 8.21. The van der Waals surface area contributed by atoms with E-state index in [-0.39, 0.29) is 0 Å². The Labute approximate surface area is 412 Å². The van der Waals surface area contributed by atoms with E-state index in [2.05, 4.69) is 58.9 Å². The van der Waals surface area contributed by atoms with Gasteiger partial charge >= 0.3 is 124 Å². The number of fused-ring (bicyclic) bond motifs is 4. The van der Waals surface area contributed by atoms with Crippen LogP contribution >= 0.6 is 0 Å². The Morgan fingerprint density at radius 2 is 0.758 bits per heavy atom. The molecule has 0 spiro atoms. The van der Waals surface area contributed by atoms with Crippen LogP contribution in [0.15, 0.2) is 0 Å². The van der Waals surface area contributed by atoms with Crippen LogP contribution in [0.25, 0.3) is 0 Å². The smallest absolute Gasteiger partial charge is 0.417 e. The molecule has 3 N–H and O–H groups in total. The molecule has 0 aromatic rings. The molecule has 0 radical (unpaired) electrons. The van der Waals surface area contributed by atoms with Gasteiger partial charge in [-0.1, -0.05) is 0 Å². The van der Waals surface area contributed by atoms with Gasteiger partial charge in [0, 0.05) is 92.8 Å². The van der Waals surface area contributed by atoms with Crippen LogP contribution in [0.1, 0.15) is 0 Å². The van der Waals surface area contributed by atoms with Crippen molar-refractivity contribution in [3.8, 4) is 0 Å². The fraction of sp³-hybridized carbons (Fsp3) is 1.00. The largest absolute Gasteiger partial charge is 0.487 e. The van der Waals surface area contributed by atoms with E-state index in [4.69, 9.17) is 87.0 Å². The zero-order valence-electron chi connectivity index (χ0n) is 43.6. The summed E-state index contributed by atoms with van der Waals surface area (Å²) in [7, 11) is -50.8. The van der Waals surface area contributed by atoms with E-state index in [1.54, 1.807) is 20.2 Å². The lowest BCUT2D eigenvalue weighted by atomic mass is 11.8. The number of rotatable bonds is 12. The molecule has 4 rings (SSSR count). The second-order valence-corrected chi connectivity index (χ2v) is 73.0. The standard InChI is InChI=1S/C17H52O12Si10.C8H28O12Si7/c1-18-34(12,21-31(3,4)5)24-38(16)26-36(14)20-30(2)19-35(13,22-32(6,7)8)25-39(17,27-36)29-37(15,28-38)23-33(9,10)11;1-12-22(3,9)15-26(7)17-24(5,11)18-27(8)16-23(4,10)13-21(2)14-25(6,19-26)20-27/h30H,1-17H3;9-11,21H,1-8H3. The van der Waals surface area contributed by atoms with Gasteiger partial charge in [0.1, 0.15) is 0 Å². The van der Waals surface area contributed by atoms with Crippen LogP contribution in [0.5, 0.6) is 0 Å². The molecule has 4 aliphatic rings. The number of hydrogen-bond donors (Lipinski definition) is 3. The highest BCUT2D eigenvalue weighted by atomic mass is 28.6. The maximum absolute atomic E-state index is 10.7. The molecule has 0 aromatic carbocycles. The molecule has 0 saturated carbocycles. The SMILES string of the molecule is CO[Si](C)(O)O[Si]1(C)O[Si](C)(O)O[Si]2(C)O[Si](C)(O)O[SiH](C)O[Si](C)(O1)O2.CO[Si](C)(O[Si](C)(C)C)O[Si]1(C)O[Si]2(C)O[SiH](C)O[Si](C)(O[Si](C)(C)C)O[Si](C)(O2)O[Si](C)(O[Si](C)(C)C)O1. The predicted molar refractivity (Wildman–Crippen MR) is 277 cm³/mol. The van der Waals surface area contributed by atoms with Crippen molar-refractivity contribution in [1.29, 1.82) is 0 Å². The first-order chi connectivity index (χ1) is 28.9. The lowest BCUT2D eigenvalue weighted by molar-refractivity contribution is 0.0498. The van der Waals surface area contributed by atoms with Gasteiger partial charge in [-0.25, -0.2) is 0 Å². The van der Waals surface area contributed by atoms with Gasteiger partial charge in [0.15, 0.2) is 25.0 Å². The summed E-state index contributed by atoms with van der Waals surface area (Å²) in [6, 6.07) is 0. The topological polar surface area (TPSA) is 255 Å². The average Bonchev–Trinajstić information content (AvgIpc) is 2.91. The maximum atomic E-state index is 10.7. The highest BCUT2D eigenvalue weighted by molar-refractivity contribution is 6.97. The minimum atomic E-state index is -3.91. The minimum Gasteiger partial charge on any atom is -0.417 e. The first-order valence-corrected chi connectivity index (χ1v) is 62.7. The summed E-state index contributed by atoms with van der Waals surface area (Å²) in [5.41, 5.74) is 0. The molecule has 0 aliphatic carbocycles. The fourth-order valence-electron chi connectivity index (χ4n) is 7.71. The highest BCUT2D eigenvalue weighted by Gasteiger charge is 2.69. The lowest BCUT2D eigenvalue weighted by Gasteiger charge is -2.52. The Balaban J connectivity index is 0.000000374. The van der Waals surface area contributed by atoms with Gasteiger partial charge in [-0.15, -0.1) is 0 Å². The Morgan fingerprint density at radius 1 is 0.379 bits per heavy atom. The van der Waals surface area contributed by atoms with Crippen molar-refractivity contribution in [2.75, 3.05) is 14.2 Å². The van der Waals surface area contributed by atoms with E-state index in [0.29, 0.717) is 0 Å². The van der Waals surface area contributed by atoms with Crippen molar-refractivity contribution in [2.45, 2.75) is 151 Å². The van der Waals surface area contributed by atoms with Gasteiger partial charge in [-0.2, -0.15) is 0 Å². The van der Waals surface area contributed by atoms with Crippen LogP contribution in [0.2, 0.25) is 151 Å². The average molecular weight is 1240 g/mol. The Morgan fingerprint density at radius 3 is 1.20 bits per heavy atom. The molecule has 24 nitrogen and oxygen atoms in total. The third kappa shape index (κ3) is 20.4. The van der Waals surface area contributed by atoms with Crippen molar-refractivity contribution in [3.05, 3.63) is 0 Å². The minimum absolute atomic E-state index is 1.30. The Bertz CT molecular complexity index is 1670. The molecular weight excluding hydrogens is 1160 g/mol. The van der Waals surface area contributed by atoms with Crippen molar-refractivity contribution in [3.63, 3.8) is 0 Å². The van der Waals surface area contributed by atoms with Crippen LogP contribution in [0, 0.1) is 0 Å². The molecule has 41 heteroatoms. The van der Waals surface area contributed by atoms with E-state index in [0.717, 1.165) is 0 Å². The van der Waals surface area contributed by atoms with E-state index in [1.165, 1.54) is 39.8 Å². The molecular formula is C25H80O24Si17. The summed E-state index contributed by atoms with van der Waals surface area (Å²) < 4.78 is 131. The summed E-state index contributed by atoms with van der Waals surface area (Å²) in [5, 5.41) is 0. The van der Waals surface area contributed by atoms with Gasteiger partial charge in [-0.3, -0.25) is 0 Å². The van der Waals surface area contributed by atoms with E-state index >= 15 is 0 Å². The first-order valence-electron chi connectivity index (χ1n) is 21.4. The van der Waals surface area contributed by atoms with E-state index in [9.17, 15) is 14.4 Å². The van der Waals surface area contributed by atoms with Crippen LogP contribution in [0.3, 0.4) is 0 Å². The quantitative estimate of drug-likeness (QED) is 0.236. The first kappa shape index (κ1) is 63.0. The monoisotopic (exact) mass is 1240 g/mol. The number of hydrogen-bond acceptors (Lipinski definition) is 24. The molecule has 66 heavy (non-hydrogen) atoms. The van der Waals surface area contributed by atoms with Crippen molar-refractivity contribution >= 4 is 149 Å². The molecule has 14 unspecified atom stereocenters.